The Kier molecular flexibility index (Phi) is 4.11. The number of piperidine rings is 1. The largest absolute Gasteiger partial charge is 0.363 e. The van der Waals surface area contributed by atoms with Crippen LogP contribution in [0.5, 0.6) is 0 Å². The Morgan fingerprint density at radius 3 is 2.95 bits per heavy atom. The number of hydrogen-bond donors (Lipinski definition) is 1. The van der Waals surface area contributed by atoms with Crippen molar-refractivity contribution in [3.63, 3.8) is 0 Å². The molecule has 1 aliphatic rings. The first-order valence-electron chi connectivity index (χ1n) is 7.75. The molecule has 1 atom stereocenters. The first-order valence-corrected chi connectivity index (χ1v) is 7.75. The quantitative estimate of drug-likeness (QED) is 0.939. The Morgan fingerprint density at radius 1 is 1.41 bits per heavy atom. The van der Waals surface area contributed by atoms with Crippen molar-refractivity contribution in [3.8, 4) is 0 Å². The second-order valence-electron chi connectivity index (χ2n) is 6.15. The molecule has 0 aliphatic carbocycles. The van der Waals surface area contributed by atoms with Gasteiger partial charge in [0.25, 0.3) is 0 Å². The highest BCUT2D eigenvalue weighted by Crippen LogP contribution is 2.25. The van der Waals surface area contributed by atoms with Gasteiger partial charge in [-0.25, -0.2) is 0 Å². The molecule has 6 nitrogen and oxygen atoms in total. The Morgan fingerprint density at radius 2 is 2.23 bits per heavy atom. The van der Waals surface area contributed by atoms with E-state index < -0.39 is 0 Å². The molecule has 1 saturated heterocycles. The lowest BCUT2D eigenvalue weighted by atomic mass is 9.97. The summed E-state index contributed by atoms with van der Waals surface area (Å²) >= 11 is 0. The van der Waals surface area contributed by atoms with Crippen molar-refractivity contribution in [1.29, 1.82) is 0 Å². The number of aryl methyl sites for hydroxylation is 2. The molecule has 2 aromatic heterocycles. The molecule has 1 fully saturated rings. The normalized spacial score (nSPS) is 19.5. The van der Waals surface area contributed by atoms with E-state index in [0.717, 1.165) is 55.1 Å². The molecule has 1 N–H and O–H groups in total. The molecule has 0 unspecified atom stereocenters. The van der Waals surface area contributed by atoms with Gasteiger partial charge >= 0.3 is 0 Å². The second-order valence-corrected chi connectivity index (χ2v) is 6.15. The van der Waals surface area contributed by atoms with E-state index in [1.165, 1.54) is 0 Å². The van der Waals surface area contributed by atoms with Crippen LogP contribution in [0.15, 0.2) is 15.5 Å². The van der Waals surface area contributed by atoms with Crippen molar-refractivity contribution in [2.75, 3.05) is 13.1 Å². The van der Waals surface area contributed by atoms with E-state index in [4.69, 9.17) is 4.52 Å². The predicted octanol–water partition coefficient (Wildman–Crippen LogP) is 2.06. The minimum atomic E-state index is 0.135. The molecule has 3 rings (SSSR count). The van der Waals surface area contributed by atoms with E-state index in [9.17, 15) is 4.79 Å². The third-order valence-corrected chi connectivity index (χ3v) is 4.41. The van der Waals surface area contributed by atoms with Crippen molar-refractivity contribution < 1.29 is 4.52 Å². The zero-order valence-corrected chi connectivity index (χ0v) is 13.3. The molecule has 3 heterocycles. The van der Waals surface area contributed by atoms with Crippen LogP contribution in [-0.2, 0) is 6.54 Å². The van der Waals surface area contributed by atoms with Gasteiger partial charge in [-0.15, -0.1) is 0 Å². The lowest BCUT2D eigenvalue weighted by Crippen LogP contribution is -2.35. The molecule has 118 valence electrons. The average Bonchev–Trinajstić information content (AvgIpc) is 2.95. The van der Waals surface area contributed by atoms with Crippen molar-refractivity contribution in [1.82, 2.24) is 20.0 Å². The third-order valence-electron chi connectivity index (χ3n) is 4.41. The minimum absolute atomic E-state index is 0.135. The average molecular weight is 302 g/mol. The zero-order valence-electron chi connectivity index (χ0n) is 13.3. The molecule has 0 aromatic carbocycles. The molecule has 0 radical (unpaired) electrons. The van der Waals surface area contributed by atoms with Crippen LogP contribution in [0.4, 0.5) is 0 Å². The number of aromatic nitrogens is 3. The lowest BCUT2D eigenvalue weighted by molar-refractivity contribution is 0.192. The van der Waals surface area contributed by atoms with Crippen molar-refractivity contribution in [2.45, 2.75) is 46.1 Å². The van der Waals surface area contributed by atoms with Crippen molar-refractivity contribution >= 4 is 0 Å². The first-order chi connectivity index (χ1) is 10.5. The maximum Gasteiger partial charge on any atom is 0.223 e. The number of hydrogen-bond acceptors (Lipinski definition) is 5. The summed E-state index contributed by atoms with van der Waals surface area (Å²) in [6.45, 7) is 8.24. The van der Waals surface area contributed by atoms with Crippen LogP contribution in [0.3, 0.4) is 0 Å². The fourth-order valence-corrected chi connectivity index (χ4v) is 3.08. The number of likely N-dealkylation sites (tertiary alicyclic amines) is 1. The smallest absolute Gasteiger partial charge is 0.223 e. The predicted molar refractivity (Wildman–Crippen MR) is 82.8 cm³/mol. The monoisotopic (exact) mass is 302 g/mol. The van der Waals surface area contributed by atoms with E-state index in [1.54, 1.807) is 6.20 Å². The molecular weight excluding hydrogens is 280 g/mol. The molecule has 0 spiro atoms. The van der Waals surface area contributed by atoms with Crippen LogP contribution < -0.4 is 5.43 Å². The van der Waals surface area contributed by atoms with Gasteiger partial charge in [0.1, 0.15) is 0 Å². The molecular formula is C16H22N4O2. The van der Waals surface area contributed by atoms with Crippen LogP contribution >= 0.6 is 0 Å². The molecule has 0 amide bonds. The summed E-state index contributed by atoms with van der Waals surface area (Å²) < 4.78 is 5.09. The second kappa shape index (κ2) is 6.04. The van der Waals surface area contributed by atoms with Crippen LogP contribution in [0.25, 0.3) is 0 Å². The van der Waals surface area contributed by atoms with Gasteiger partial charge < -0.3 is 9.51 Å². The third kappa shape index (κ3) is 2.97. The summed E-state index contributed by atoms with van der Waals surface area (Å²) in [5.41, 5.74) is 2.72. The van der Waals surface area contributed by atoms with Gasteiger partial charge in [-0.2, -0.15) is 4.98 Å². The molecule has 22 heavy (non-hydrogen) atoms. The first kappa shape index (κ1) is 15.0. The van der Waals surface area contributed by atoms with E-state index in [0.29, 0.717) is 11.8 Å². The Hall–Kier alpha value is -1.95. The molecule has 0 saturated carbocycles. The lowest BCUT2D eigenvalue weighted by Gasteiger charge is -2.31. The topological polar surface area (TPSA) is 75.0 Å². The fraction of sp³-hybridized carbons (Fsp3) is 0.562. The highest BCUT2D eigenvalue weighted by molar-refractivity contribution is 5.23. The van der Waals surface area contributed by atoms with Gasteiger partial charge in [0.05, 0.1) is 0 Å². The molecule has 0 bridgehead atoms. The van der Waals surface area contributed by atoms with Gasteiger partial charge in [-0.05, 0) is 33.2 Å². The number of aromatic amines is 1. The standard InChI is InChI=1S/C16H22N4O2/c1-10-7-17-14(11(2)15(10)21)9-20-6-4-5-13(8-20)16-18-12(3)22-19-16/h7,13H,4-6,8-9H2,1-3H3,(H,17,21)/t13-/m1/s1. The van der Waals surface area contributed by atoms with E-state index in [2.05, 4.69) is 20.0 Å². The summed E-state index contributed by atoms with van der Waals surface area (Å²) in [5.74, 6) is 1.73. The summed E-state index contributed by atoms with van der Waals surface area (Å²) in [7, 11) is 0. The van der Waals surface area contributed by atoms with Gasteiger partial charge in [0.2, 0.25) is 5.89 Å². The number of rotatable bonds is 3. The maximum absolute atomic E-state index is 12.0. The van der Waals surface area contributed by atoms with Crippen LogP contribution in [0, 0.1) is 20.8 Å². The molecule has 6 heteroatoms. The van der Waals surface area contributed by atoms with Gasteiger partial charge in [-0.1, -0.05) is 5.16 Å². The number of H-pyrrole nitrogens is 1. The summed E-state index contributed by atoms with van der Waals surface area (Å²) in [5, 5.41) is 4.05. The van der Waals surface area contributed by atoms with Gasteiger partial charge in [-0.3, -0.25) is 9.69 Å². The SMILES string of the molecule is Cc1nc([C@@H]2CCCN(Cc3[nH]cc(C)c(=O)c3C)C2)no1. The number of pyridine rings is 1. The minimum Gasteiger partial charge on any atom is -0.363 e. The Labute approximate surface area is 129 Å². The van der Waals surface area contributed by atoms with Gasteiger partial charge in [0.15, 0.2) is 11.3 Å². The van der Waals surface area contributed by atoms with E-state index in [1.807, 2.05) is 20.8 Å². The van der Waals surface area contributed by atoms with E-state index in [-0.39, 0.29) is 5.43 Å². The van der Waals surface area contributed by atoms with Crippen molar-refractivity contribution in [2.24, 2.45) is 0 Å². The summed E-state index contributed by atoms with van der Waals surface area (Å²) in [4.78, 5) is 22.0. The Balaban J connectivity index is 1.73. The number of nitrogens with zero attached hydrogens (tertiary/aromatic N) is 3. The van der Waals surface area contributed by atoms with Crippen LogP contribution in [0.2, 0.25) is 0 Å². The highest BCUT2D eigenvalue weighted by atomic mass is 16.5. The number of nitrogens with one attached hydrogen (secondary N) is 1. The van der Waals surface area contributed by atoms with Crippen molar-refractivity contribution in [3.05, 3.63) is 45.0 Å². The highest BCUT2D eigenvalue weighted by Gasteiger charge is 2.25. The summed E-state index contributed by atoms with van der Waals surface area (Å²) in [6, 6.07) is 0. The molecule has 1 aliphatic heterocycles. The van der Waals surface area contributed by atoms with Crippen LogP contribution in [0.1, 0.15) is 47.3 Å². The van der Waals surface area contributed by atoms with Gasteiger partial charge in [0, 0.05) is 48.9 Å². The van der Waals surface area contributed by atoms with E-state index >= 15 is 0 Å². The maximum atomic E-state index is 12.0. The van der Waals surface area contributed by atoms with Crippen LogP contribution in [-0.4, -0.2) is 33.1 Å². The zero-order chi connectivity index (χ0) is 15.7. The Bertz CT molecular complexity index is 719. The fourth-order valence-electron chi connectivity index (χ4n) is 3.08. The molecule has 2 aromatic rings. The summed E-state index contributed by atoms with van der Waals surface area (Å²) in [6.07, 6.45) is 3.99.